The number of hydrogen-bond acceptors (Lipinski definition) is 1. The van der Waals surface area contributed by atoms with Gasteiger partial charge in [-0.3, -0.25) is 0 Å². The summed E-state index contributed by atoms with van der Waals surface area (Å²) < 4.78 is 0. The van der Waals surface area contributed by atoms with Crippen molar-refractivity contribution in [3.63, 3.8) is 0 Å². The maximum absolute atomic E-state index is 12.2. The van der Waals surface area contributed by atoms with Gasteiger partial charge in [-0.05, 0) is 56.4 Å². The van der Waals surface area contributed by atoms with Crippen molar-refractivity contribution >= 4 is 6.03 Å². The topological polar surface area (TPSA) is 32.3 Å². The fraction of sp³-hybridized carbons (Fsp3) is 0.526. The zero-order valence-electron chi connectivity index (χ0n) is 13.3. The van der Waals surface area contributed by atoms with Gasteiger partial charge in [-0.25, -0.2) is 4.79 Å². The fourth-order valence-electron chi connectivity index (χ4n) is 3.52. The van der Waals surface area contributed by atoms with E-state index in [4.69, 9.17) is 0 Å². The van der Waals surface area contributed by atoms with E-state index in [-0.39, 0.29) is 6.03 Å². The van der Waals surface area contributed by atoms with Crippen molar-refractivity contribution in [2.45, 2.75) is 44.9 Å². The van der Waals surface area contributed by atoms with Gasteiger partial charge in [0.15, 0.2) is 0 Å². The van der Waals surface area contributed by atoms with Crippen LogP contribution >= 0.6 is 0 Å². The molecular weight excluding hydrogens is 272 g/mol. The average molecular weight is 298 g/mol. The first-order valence-electron chi connectivity index (χ1n) is 8.58. The summed E-state index contributed by atoms with van der Waals surface area (Å²) in [7, 11) is 0. The molecule has 1 saturated heterocycles. The number of urea groups is 1. The van der Waals surface area contributed by atoms with Gasteiger partial charge in [0.1, 0.15) is 0 Å². The Morgan fingerprint density at radius 1 is 1.14 bits per heavy atom. The summed E-state index contributed by atoms with van der Waals surface area (Å²) >= 11 is 0. The van der Waals surface area contributed by atoms with Crippen LogP contribution in [0, 0.1) is 5.92 Å². The van der Waals surface area contributed by atoms with E-state index in [1.54, 1.807) is 0 Å². The number of benzene rings is 1. The van der Waals surface area contributed by atoms with Crippen LogP contribution in [0.3, 0.4) is 0 Å². The van der Waals surface area contributed by atoms with Crippen LogP contribution in [-0.2, 0) is 6.42 Å². The first kappa shape index (κ1) is 15.1. The molecule has 1 aliphatic heterocycles. The van der Waals surface area contributed by atoms with Crippen molar-refractivity contribution in [1.29, 1.82) is 0 Å². The van der Waals surface area contributed by atoms with Gasteiger partial charge < -0.3 is 10.2 Å². The van der Waals surface area contributed by atoms with E-state index in [1.807, 2.05) is 11.1 Å². The van der Waals surface area contributed by atoms with Gasteiger partial charge in [0.25, 0.3) is 0 Å². The molecule has 0 radical (unpaired) electrons. The third-order valence-corrected chi connectivity index (χ3v) is 4.91. The number of rotatable bonds is 3. The molecule has 1 N–H and O–H groups in total. The van der Waals surface area contributed by atoms with Crippen molar-refractivity contribution in [3.8, 4) is 0 Å². The second-order valence-corrected chi connectivity index (χ2v) is 6.58. The molecule has 3 rings (SSSR count). The lowest BCUT2D eigenvalue weighted by atomic mass is 9.90. The van der Waals surface area contributed by atoms with Crippen molar-refractivity contribution in [3.05, 3.63) is 47.7 Å². The number of carbonyl (C=O) groups excluding carboxylic acids is 1. The van der Waals surface area contributed by atoms with Crippen LogP contribution in [-0.4, -0.2) is 24.0 Å². The highest BCUT2D eigenvalue weighted by atomic mass is 16.2. The zero-order chi connectivity index (χ0) is 15.2. The molecule has 22 heavy (non-hydrogen) atoms. The summed E-state index contributed by atoms with van der Waals surface area (Å²) in [6.07, 6.45) is 10.2. The highest BCUT2D eigenvalue weighted by Gasteiger charge is 2.22. The Bertz CT molecular complexity index is 507. The normalized spacial score (nSPS) is 19.3. The Kier molecular flexibility index (Phi) is 5.15. The molecule has 1 aromatic carbocycles. The first-order chi connectivity index (χ1) is 10.8. The van der Waals surface area contributed by atoms with Gasteiger partial charge >= 0.3 is 6.03 Å². The molecule has 0 unspecified atom stereocenters. The van der Waals surface area contributed by atoms with Crippen LogP contribution in [0.1, 0.15) is 44.1 Å². The van der Waals surface area contributed by atoms with Crippen LogP contribution < -0.4 is 5.32 Å². The largest absolute Gasteiger partial charge is 0.325 e. The van der Waals surface area contributed by atoms with Crippen molar-refractivity contribution in [1.82, 2.24) is 10.2 Å². The molecule has 1 aromatic rings. The smallest absolute Gasteiger partial charge is 0.321 e. The van der Waals surface area contributed by atoms with E-state index in [1.165, 1.54) is 24.0 Å². The molecule has 1 saturated carbocycles. The summed E-state index contributed by atoms with van der Waals surface area (Å²) in [6, 6.07) is 10.8. The summed E-state index contributed by atoms with van der Waals surface area (Å²) in [5.41, 5.74) is 2.81. The molecular formula is C19H26N2O. The Hall–Kier alpha value is -1.77. The van der Waals surface area contributed by atoms with Crippen LogP contribution in [0.15, 0.2) is 42.1 Å². The monoisotopic (exact) mass is 298 g/mol. The van der Waals surface area contributed by atoms with Crippen molar-refractivity contribution < 1.29 is 4.79 Å². The van der Waals surface area contributed by atoms with E-state index in [0.29, 0.717) is 5.92 Å². The number of hydrogen-bond donors (Lipinski definition) is 1. The van der Waals surface area contributed by atoms with Gasteiger partial charge in [-0.15, -0.1) is 0 Å². The third kappa shape index (κ3) is 4.12. The van der Waals surface area contributed by atoms with Crippen LogP contribution in [0.2, 0.25) is 0 Å². The van der Waals surface area contributed by atoms with Crippen molar-refractivity contribution in [2.24, 2.45) is 5.92 Å². The second kappa shape index (κ2) is 7.48. The highest BCUT2D eigenvalue weighted by molar-refractivity contribution is 5.75. The molecule has 0 atom stereocenters. The molecule has 0 aromatic heterocycles. The van der Waals surface area contributed by atoms with E-state index >= 15 is 0 Å². The van der Waals surface area contributed by atoms with Crippen LogP contribution in [0.25, 0.3) is 0 Å². The number of likely N-dealkylation sites (tertiary alicyclic amines) is 1. The quantitative estimate of drug-likeness (QED) is 0.895. The van der Waals surface area contributed by atoms with Crippen LogP contribution in [0.4, 0.5) is 4.79 Å². The van der Waals surface area contributed by atoms with Crippen LogP contribution in [0.5, 0.6) is 0 Å². The van der Waals surface area contributed by atoms with E-state index in [9.17, 15) is 4.79 Å². The van der Waals surface area contributed by atoms with E-state index in [2.05, 4.69) is 35.6 Å². The Morgan fingerprint density at radius 3 is 2.50 bits per heavy atom. The zero-order valence-corrected chi connectivity index (χ0v) is 13.3. The van der Waals surface area contributed by atoms with Gasteiger partial charge in [0.05, 0.1) is 0 Å². The molecule has 3 nitrogen and oxygen atoms in total. The molecule has 0 bridgehead atoms. The lowest BCUT2D eigenvalue weighted by Gasteiger charge is -2.31. The van der Waals surface area contributed by atoms with Gasteiger partial charge in [-0.1, -0.05) is 35.9 Å². The SMILES string of the molecule is O=C(NC=C1CCCC1)N1CCC(Cc2ccccc2)CC1. The Morgan fingerprint density at radius 2 is 1.82 bits per heavy atom. The minimum Gasteiger partial charge on any atom is -0.325 e. The number of amides is 2. The standard InChI is InChI=1S/C19H26N2O/c22-19(20-15-18-8-4-5-9-18)21-12-10-17(11-13-21)14-16-6-2-1-3-7-16/h1-3,6-7,15,17H,4-5,8-14H2,(H,20,22). The van der Waals surface area contributed by atoms with Crippen molar-refractivity contribution in [2.75, 3.05) is 13.1 Å². The lowest BCUT2D eigenvalue weighted by molar-refractivity contribution is 0.173. The highest BCUT2D eigenvalue weighted by Crippen LogP contribution is 2.23. The number of nitrogens with one attached hydrogen (secondary N) is 1. The molecule has 1 heterocycles. The number of nitrogens with zero attached hydrogens (tertiary/aromatic N) is 1. The molecule has 3 heteroatoms. The molecule has 2 aliphatic rings. The summed E-state index contributed by atoms with van der Waals surface area (Å²) in [5.74, 6) is 0.708. The maximum atomic E-state index is 12.2. The molecule has 2 amide bonds. The molecule has 2 fully saturated rings. The van der Waals surface area contributed by atoms with Gasteiger partial charge in [0.2, 0.25) is 0 Å². The molecule has 118 valence electrons. The number of allylic oxidation sites excluding steroid dienone is 1. The molecule has 0 spiro atoms. The number of piperidine rings is 1. The second-order valence-electron chi connectivity index (χ2n) is 6.58. The summed E-state index contributed by atoms with van der Waals surface area (Å²) in [5, 5.41) is 2.98. The summed E-state index contributed by atoms with van der Waals surface area (Å²) in [6.45, 7) is 1.76. The van der Waals surface area contributed by atoms with E-state index in [0.717, 1.165) is 45.2 Å². The predicted octanol–water partition coefficient (Wildman–Crippen LogP) is 4.11. The lowest BCUT2D eigenvalue weighted by Crippen LogP contribution is -2.43. The molecule has 1 aliphatic carbocycles. The Balaban J connectivity index is 1.43. The van der Waals surface area contributed by atoms with Gasteiger partial charge in [-0.2, -0.15) is 0 Å². The average Bonchev–Trinajstić information content (AvgIpc) is 3.08. The van der Waals surface area contributed by atoms with Gasteiger partial charge in [0, 0.05) is 19.3 Å². The third-order valence-electron chi connectivity index (χ3n) is 4.91. The number of carbonyl (C=O) groups is 1. The first-order valence-corrected chi connectivity index (χ1v) is 8.58. The fourth-order valence-corrected chi connectivity index (χ4v) is 3.52. The summed E-state index contributed by atoms with van der Waals surface area (Å²) in [4.78, 5) is 14.2. The maximum Gasteiger partial charge on any atom is 0.321 e. The minimum absolute atomic E-state index is 0.0811. The minimum atomic E-state index is 0.0811. The van der Waals surface area contributed by atoms with E-state index < -0.39 is 0 Å². The predicted molar refractivity (Wildman–Crippen MR) is 89.5 cm³/mol. The Labute approximate surface area is 133 Å².